The number of fused-ring (bicyclic) bond motifs is 1. The van der Waals surface area contributed by atoms with Gasteiger partial charge in [-0.05, 0) is 12.8 Å². The normalized spacial score (nSPS) is 17.0. The van der Waals surface area contributed by atoms with E-state index in [2.05, 4.69) is 9.97 Å². The molecule has 0 saturated carbocycles. The zero-order valence-corrected chi connectivity index (χ0v) is 11.6. The van der Waals surface area contributed by atoms with Crippen molar-refractivity contribution < 1.29 is 4.74 Å². The van der Waals surface area contributed by atoms with Crippen LogP contribution in [0.4, 0.5) is 5.82 Å². The number of aromatic nitrogens is 3. The van der Waals surface area contributed by atoms with Gasteiger partial charge in [-0.15, -0.1) is 0 Å². The van der Waals surface area contributed by atoms with Gasteiger partial charge in [0.15, 0.2) is 17.0 Å². The summed E-state index contributed by atoms with van der Waals surface area (Å²) in [5.41, 5.74) is 6.58. The Kier molecular flexibility index (Phi) is 3.34. The van der Waals surface area contributed by atoms with Crippen LogP contribution in [0.2, 0.25) is 0 Å². The first-order valence-corrected chi connectivity index (χ1v) is 6.71. The van der Waals surface area contributed by atoms with Gasteiger partial charge in [0.05, 0.1) is 12.6 Å². The van der Waals surface area contributed by atoms with Crippen LogP contribution in [0.5, 0.6) is 0 Å². The van der Waals surface area contributed by atoms with E-state index in [1.54, 1.807) is 4.57 Å². The molecule has 22 heavy (non-hydrogen) atoms. The van der Waals surface area contributed by atoms with Crippen LogP contribution in [0.1, 0.15) is 29.8 Å². The van der Waals surface area contributed by atoms with Gasteiger partial charge in [-0.1, -0.05) is 0 Å². The highest BCUT2D eigenvalue weighted by molar-refractivity contribution is 5.86. The van der Waals surface area contributed by atoms with E-state index in [4.69, 9.17) is 21.0 Å². The Morgan fingerprint density at radius 2 is 1.91 bits per heavy atom. The number of rotatable bonds is 2. The molecule has 8 heteroatoms. The maximum absolute atomic E-state index is 9.29. The van der Waals surface area contributed by atoms with E-state index in [0.29, 0.717) is 18.8 Å². The Labute approximate surface area is 126 Å². The molecule has 3 rings (SSSR count). The molecule has 1 atom stereocenters. The van der Waals surface area contributed by atoms with Crippen LogP contribution in [0, 0.1) is 34.0 Å². The van der Waals surface area contributed by atoms with Crippen molar-refractivity contribution in [2.75, 3.05) is 12.3 Å². The predicted octanol–water partition coefficient (Wildman–Crippen LogP) is 0.808. The van der Waals surface area contributed by atoms with Crippen LogP contribution in [0.15, 0.2) is 0 Å². The molecular formula is C14H11N7O. The summed E-state index contributed by atoms with van der Waals surface area (Å²) in [4.78, 5) is 8.25. The van der Waals surface area contributed by atoms with Crippen LogP contribution < -0.4 is 5.73 Å². The molecule has 0 amide bonds. The second kappa shape index (κ2) is 5.33. The van der Waals surface area contributed by atoms with Crippen molar-refractivity contribution in [1.82, 2.24) is 14.5 Å². The number of hydrogen-bond donors (Lipinski definition) is 1. The monoisotopic (exact) mass is 293 g/mol. The summed E-state index contributed by atoms with van der Waals surface area (Å²) in [5.74, 6) is 0.229. The molecule has 0 spiro atoms. The van der Waals surface area contributed by atoms with E-state index in [9.17, 15) is 5.26 Å². The lowest BCUT2D eigenvalue weighted by atomic mass is 10.2. The highest BCUT2D eigenvalue weighted by Crippen LogP contribution is 2.27. The fourth-order valence-electron chi connectivity index (χ4n) is 2.60. The van der Waals surface area contributed by atoms with Gasteiger partial charge in [0.2, 0.25) is 0 Å². The van der Waals surface area contributed by atoms with Gasteiger partial charge in [0, 0.05) is 6.61 Å². The van der Waals surface area contributed by atoms with E-state index in [1.165, 1.54) is 0 Å². The smallest absolute Gasteiger partial charge is 0.179 e. The van der Waals surface area contributed by atoms with Gasteiger partial charge in [-0.2, -0.15) is 15.8 Å². The molecule has 0 aliphatic carbocycles. The van der Waals surface area contributed by atoms with E-state index in [1.807, 2.05) is 18.2 Å². The second-order valence-corrected chi connectivity index (χ2v) is 4.93. The number of nitriles is 3. The SMILES string of the molecule is N#Cc1nc2c(C#N)c(N)n(C[C@H]3CCCO3)c2nc1C#N. The molecule has 1 aliphatic heterocycles. The molecule has 2 aromatic rings. The lowest BCUT2D eigenvalue weighted by molar-refractivity contribution is 0.0983. The molecule has 1 fully saturated rings. The van der Waals surface area contributed by atoms with Crippen molar-refractivity contribution >= 4 is 17.0 Å². The van der Waals surface area contributed by atoms with E-state index in [-0.39, 0.29) is 34.4 Å². The maximum atomic E-state index is 9.29. The summed E-state index contributed by atoms with van der Waals surface area (Å²) < 4.78 is 7.22. The topological polar surface area (TPSA) is 137 Å². The lowest BCUT2D eigenvalue weighted by Crippen LogP contribution is -2.17. The number of nitrogens with two attached hydrogens (primary N) is 1. The minimum Gasteiger partial charge on any atom is -0.384 e. The molecule has 1 saturated heterocycles. The zero-order valence-electron chi connectivity index (χ0n) is 11.6. The average Bonchev–Trinajstić information content (AvgIpc) is 3.13. The number of anilines is 1. The maximum Gasteiger partial charge on any atom is 0.179 e. The summed E-state index contributed by atoms with van der Waals surface area (Å²) in [6.45, 7) is 1.14. The largest absolute Gasteiger partial charge is 0.384 e. The lowest BCUT2D eigenvalue weighted by Gasteiger charge is -2.12. The van der Waals surface area contributed by atoms with E-state index in [0.717, 1.165) is 12.8 Å². The molecule has 2 N–H and O–H groups in total. The molecule has 0 radical (unpaired) electrons. The molecule has 108 valence electrons. The average molecular weight is 293 g/mol. The molecule has 8 nitrogen and oxygen atoms in total. The summed E-state index contributed by atoms with van der Waals surface area (Å²) in [7, 11) is 0. The quantitative estimate of drug-likeness (QED) is 0.864. The molecular weight excluding hydrogens is 282 g/mol. The third-order valence-corrected chi connectivity index (χ3v) is 3.65. The molecule has 0 aromatic carbocycles. The number of ether oxygens (including phenoxy) is 1. The molecule has 2 aromatic heterocycles. The molecule has 0 bridgehead atoms. The first-order chi connectivity index (χ1) is 10.7. The standard InChI is InChI=1S/C14H11N7O/c15-4-9-12-14(20-11(6-17)10(5-16)19-12)21(13(9)18)7-8-2-1-3-22-8/h8H,1-3,7,18H2/t8-/m1/s1. The van der Waals surface area contributed by atoms with Crippen molar-refractivity contribution in [3.05, 3.63) is 17.0 Å². The molecule has 3 heterocycles. The number of nitrogens with zero attached hydrogens (tertiary/aromatic N) is 6. The third-order valence-electron chi connectivity index (χ3n) is 3.65. The van der Waals surface area contributed by atoms with Crippen molar-refractivity contribution in [2.24, 2.45) is 0 Å². The summed E-state index contributed by atoms with van der Waals surface area (Å²) in [6, 6.07) is 5.64. The zero-order chi connectivity index (χ0) is 15.7. The van der Waals surface area contributed by atoms with Crippen LogP contribution >= 0.6 is 0 Å². The highest BCUT2D eigenvalue weighted by atomic mass is 16.5. The fourth-order valence-corrected chi connectivity index (χ4v) is 2.60. The summed E-state index contributed by atoms with van der Waals surface area (Å²) in [6.07, 6.45) is 1.87. The minimum atomic E-state index is -0.110. The van der Waals surface area contributed by atoms with E-state index >= 15 is 0 Å². The Hall–Kier alpha value is -3.15. The number of hydrogen-bond acceptors (Lipinski definition) is 7. The molecule has 0 unspecified atom stereocenters. The fraction of sp³-hybridized carbons (Fsp3) is 0.357. The Morgan fingerprint density at radius 3 is 2.50 bits per heavy atom. The Balaban J connectivity index is 2.23. The van der Waals surface area contributed by atoms with Gasteiger partial charge in [0.25, 0.3) is 0 Å². The van der Waals surface area contributed by atoms with Crippen LogP contribution in [-0.2, 0) is 11.3 Å². The van der Waals surface area contributed by atoms with E-state index < -0.39 is 0 Å². The third kappa shape index (κ3) is 2.01. The minimum absolute atomic E-state index is 0.00702. The van der Waals surface area contributed by atoms with Crippen LogP contribution in [0.3, 0.4) is 0 Å². The van der Waals surface area contributed by atoms with Gasteiger partial charge in [0.1, 0.15) is 35.1 Å². The van der Waals surface area contributed by atoms with Crippen LogP contribution in [-0.4, -0.2) is 27.2 Å². The molecule has 1 aliphatic rings. The van der Waals surface area contributed by atoms with Crippen molar-refractivity contribution in [2.45, 2.75) is 25.5 Å². The summed E-state index contributed by atoms with van der Waals surface area (Å²) in [5, 5.41) is 27.4. The first-order valence-electron chi connectivity index (χ1n) is 6.71. The summed E-state index contributed by atoms with van der Waals surface area (Å²) >= 11 is 0. The highest BCUT2D eigenvalue weighted by Gasteiger charge is 2.24. The van der Waals surface area contributed by atoms with Gasteiger partial charge in [-0.25, -0.2) is 9.97 Å². The van der Waals surface area contributed by atoms with Crippen molar-refractivity contribution in [1.29, 1.82) is 15.8 Å². The Bertz CT molecular complexity index is 872. The predicted molar refractivity (Wildman–Crippen MR) is 75.1 cm³/mol. The van der Waals surface area contributed by atoms with Gasteiger partial charge >= 0.3 is 0 Å². The first kappa shape index (κ1) is 13.8. The van der Waals surface area contributed by atoms with Gasteiger partial charge in [-0.3, -0.25) is 0 Å². The van der Waals surface area contributed by atoms with Crippen molar-refractivity contribution in [3.8, 4) is 18.2 Å². The van der Waals surface area contributed by atoms with Crippen LogP contribution in [0.25, 0.3) is 11.2 Å². The Morgan fingerprint density at radius 1 is 1.18 bits per heavy atom. The van der Waals surface area contributed by atoms with Gasteiger partial charge < -0.3 is 15.0 Å². The van der Waals surface area contributed by atoms with Crippen molar-refractivity contribution in [3.63, 3.8) is 0 Å². The second-order valence-electron chi connectivity index (χ2n) is 4.93. The number of nitrogen functional groups attached to an aromatic ring is 1.